The van der Waals surface area contributed by atoms with E-state index in [2.05, 4.69) is 38.6 Å². The SMILES string of the molecule is C=C(CO)C(=O)OCCOC1CCC(c2ccc(C3CCC(C4CCC(CCCCC)CC4)CC3)cc2C)CC1. The molecule has 3 aliphatic rings. The molecule has 0 radical (unpaired) electrons. The van der Waals surface area contributed by atoms with Gasteiger partial charge in [0.25, 0.3) is 0 Å². The number of aryl methyl sites for hydroxylation is 1. The van der Waals surface area contributed by atoms with Crippen molar-refractivity contribution in [3.05, 3.63) is 47.0 Å². The maximum Gasteiger partial charge on any atom is 0.335 e. The molecule has 3 fully saturated rings. The van der Waals surface area contributed by atoms with Crippen molar-refractivity contribution in [1.82, 2.24) is 0 Å². The Kier molecular flexibility index (Phi) is 12.6. The zero-order chi connectivity index (χ0) is 28.3. The molecule has 40 heavy (non-hydrogen) atoms. The molecule has 3 aliphatic carbocycles. The molecule has 1 aromatic rings. The van der Waals surface area contributed by atoms with E-state index in [1.807, 2.05) is 0 Å². The number of esters is 1. The van der Waals surface area contributed by atoms with Crippen LogP contribution in [0.15, 0.2) is 30.4 Å². The van der Waals surface area contributed by atoms with Crippen molar-refractivity contribution in [2.75, 3.05) is 19.8 Å². The Morgan fingerprint density at radius 3 is 2.15 bits per heavy atom. The first-order valence-electron chi connectivity index (χ1n) is 16.7. The van der Waals surface area contributed by atoms with Crippen LogP contribution in [0, 0.1) is 24.7 Å². The van der Waals surface area contributed by atoms with E-state index in [0.717, 1.165) is 49.4 Å². The van der Waals surface area contributed by atoms with E-state index in [1.54, 1.807) is 5.56 Å². The Labute approximate surface area is 244 Å². The lowest BCUT2D eigenvalue weighted by Crippen LogP contribution is -2.25. The summed E-state index contributed by atoms with van der Waals surface area (Å²) in [5.74, 6) is 3.84. The lowest BCUT2D eigenvalue weighted by atomic mass is 9.67. The molecule has 0 spiro atoms. The Morgan fingerprint density at radius 2 is 1.52 bits per heavy atom. The van der Waals surface area contributed by atoms with Crippen LogP contribution in [0.4, 0.5) is 0 Å². The number of aliphatic hydroxyl groups is 1. The Morgan fingerprint density at radius 1 is 0.875 bits per heavy atom. The van der Waals surface area contributed by atoms with Gasteiger partial charge in [-0.15, -0.1) is 0 Å². The van der Waals surface area contributed by atoms with Crippen molar-refractivity contribution in [1.29, 1.82) is 0 Å². The third-order valence-electron chi connectivity index (χ3n) is 10.6. The van der Waals surface area contributed by atoms with Gasteiger partial charge in [-0.1, -0.05) is 70.2 Å². The van der Waals surface area contributed by atoms with Crippen molar-refractivity contribution in [3.8, 4) is 0 Å². The number of carbonyl (C=O) groups is 1. The van der Waals surface area contributed by atoms with E-state index in [0.29, 0.717) is 12.5 Å². The van der Waals surface area contributed by atoms with Gasteiger partial charge in [0.05, 0.1) is 24.9 Å². The molecule has 0 bridgehead atoms. The Hall–Kier alpha value is -1.65. The second-order valence-corrected chi connectivity index (χ2v) is 13.2. The summed E-state index contributed by atoms with van der Waals surface area (Å²) in [7, 11) is 0. The van der Waals surface area contributed by atoms with Crippen LogP contribution in [0.2, 0.25) is 0 Å². The summed E-state index contributed by atoms with van der Waals surface area (Å²) in [5.41, 5.74) is 4.67. The lowest BCUT2D eigenvalue weighted by Gasteiger charge is -2.38. The lowest BCUT2D eigenvalue weighted by molar-refractivity contribution is -0.141. The van der Waals surface area contributed by atoms with Crippen molar-refractivity contribution < 1.29 is 19.4 Å². The van der Waals surface area contributed by atoms with E-state index in [1.165, 1.54) is 88.2 Å². The highest BCUT2D eigenvalue weighted by molar-refractivity contribution is 5.87. The van der Waals surface area contributed by atoms with Crippen LogP contribution >= 0.6 is 0 Å². The monoisotopic (exact) mass is 552 g/mol. The van der Waals surface area contributed by atoms with Crippen LogP contribution in [-0.4, -0.2) is 37.0 Å². The third-order valence-corrected chi connectivity index (χ3v) is 10.6. The van der Waals surface area contributed by atoms with Gasteiger partial charge in [-0.2, -0.15) is 0 Å². The van der Waals surface area contributed by atoms with Gasteiger partial charge in [-0.05, 0) is 117 Å². The van der Waals surface area contributed by atoms with Crippen LogP contribution < -0.4 is 0 Å². The molecule has 4 rings (SSSR count). The van der Waals surface area contributed by atoms with E-state index >= 15 is 0 Å². The highest BCUT2D eigenvalue weighted by atomic mass is 16.6. The number of benzene rings is 1. The number of unbranched alkanes of at least 4 members (excludes halogenated alkanes) is 2. The zero-order valence-corrected chi connectivity index (χ0v) is 25.5. The number of hydrogen-bond acceptors (Lipinski definition) is 4. The van der Waals surface area contributed by atoms with Crippen molar-refractivity contribution in [2.45, 2.75) is 135 Å². The normalized spacial score (nSPS) is 29.2. The van der Waals surface area contributed by atoms with Gasteiger partial charge in [-0.25, -0.2) is 4.79 Å². The average Bonchev–Trinajstić information content (AvgIpc) is 2.99. The molecule has 0 aromatic heterocycles. The molecule has 1 aromatic carbocycles. The fourth-order valence-corrected chi connectivity index (χ4v) is 8.02. The molecule has 0 aliphatic heterocycles. The molecule has 0 heterocycles. The summed E-state index contributed by atoms with van der Waals surface area (Å²) in [5, 5.41) is 8.94. The molecule has 4 nitrogen and oxygen atoms in total. The molecule has 224 valence electrons. The first-order chi connectivity index (χ1) is 19.5. The molecule has 0 unspecified atom stereocenters. The smallest absolute Gasteiger partial charge is 0.335 e. The molecule has 0 atom stereocenters. The Balaban J connectivity index is 1.16. The minimum absolute atomic E-state index is 0.0834. The second kappa shape index (κ2) is 16.1. The second-order valence-electron chi connectivity index (χ2n) is 13.2. The van der Waals surface area contributed by atoms with Gasteiger partial charge >= 0.3 is 5.97 Å². The van der Waals surface area contributed by atoms with Gasteiger partial charge in [0, 0.05) is 0 Å². The molecule has 3 saturated carbocycles. The quantitative estimate of drug-likeness (QED) is 0.151. The minimum atomic E-state index is -0.544. The number of ether oxygens (including phenoxy) is 2. The summed E-state index contributed by atoms with van der Waals surface area (Å²) in [6, 6.07) is 7.40. The maximum absolute atomic E-state index is 11.6. The number of aliphatic hydroxyl groups excluding tert-OH is 1. The van der Waals surface area contributed by atoms with Gasteiger partial charge in [0.15, 0.2) is 0 Å². The number of carbonyl (C=O) groups excluding carboxylic acids is 1. The fraction of sp³-hybridized carbons (Fsp3) is 0.750. The summed E-state index contributed by atoms with van der Waals surface area (Å²) >= 11 is 0. The maximum atomic E-state index is 11.6. The average molecular weight is 553 g/mol. The third kappa shape index (κ3) is 8.92. The zero-order valence-electron chi connectivity index (χ0n) is 25.5. The number of hydrogen-bond donors (Lipinski definition) is 1. The van der Waals surface area contributed by atoms with Crippen molar-refractivity contribution >= 4 is 5.97 Å². The first-order valence-corrected chi connectivity index (χ1v) is 16.7. The topological polar surface area (TPSA) is 55.8 Å². The van der Waals surface area contributed by atoms with E-state index < -0.39 is 5.97 Å². The van der Waals surface area contributed by atoms with Gasteiger partial charge < -0.3 is 14.6 Å². The van der Waals surface area contributed by atoms with E-state index in [9.17, 15) is 4.79 Å². The molecule has 0 amide bonds. The van der Waals surface area contributed by atoms with Crippen LogP contribution in [0.3, 0.4) is 0 Å². The predicted octanol–water partition coefficient (Wildman–Crippen LogP) is 8.79. The summed E-state index contributed by atoms with van der Waals surface area (Å²) in [6.45, 7) is 8.36. The van der Waals surface area contributed by atoms with Crippen LogP contribution in [0.1, 0.15) is 138 Å². The largest absolute Gasteiger partial charge is 0.460 e. The van der Waals surface area contributed by atoms with E-state index in [-0.39, 0.29) is 24.9 Å². The summed E-state index contributed by atoms with van der Waals surface area (Å²) < 4.78 is 11.1. The molecule has 1 N–H and O–H groups in total. The number of rotatable bonds is 13. The molecule has 4 heteroatoms. The first kappa shape index (κ1) is 31.3. The highest BCUT2D eigenvalue weighted by Crippen LogP contribution is 2.45. The molecular weight excluding hydrogens is 496 g/mol. The van der Waals surface area contributed by atoms with Crippen LogP contribution in [-0.2, 0) is 14.3 Å². The Bertz CT molecular complexity index is 915. The minimum Gasteiger partial charge on any atom is -0.460 e. The fourth-order valence-electron chi connectivity index (χ4n) is 8.02. The van der Waals surface area contributed by atoms with Crippen molar-refractivity contribution in [3.63, 3.8) is 0 Å². The van der Waals surface area contributed by atoms with Gasteiger partial charge in [0.2, 0.25) is 0 Å². The molecule has 0 saturated heterocycles. The summed E-state index contributed by atoms with van der Waals surface area (Å²) in [6.07, 6.45) is 22.0. The van der Waals surface area contributed by atoms with Crippen LogP contribution in [0.5, 0.6) is 0 Å². The standard InChI is InChI=1S/C36H56O4/c1-4-5-6-7-28-8-10-29(11-9-28)30-12-14-31(15-13-30)33-18-21-35(26(2)24-33)32-16-19-34(20-17-32)39-22-23-40-36(38)27(3)25-37/h18,21,24,28-32,34,37H,3-17,19-20,22-23,25H2,1-2H3. The van der Waals surface area contributed by atoms with E-state index in [4.69, 9.17) is 14.6 Å². The molecular formula is C36H56O4. The van der Waals surface area contributed by atoms with Gasteiger partial charge in [-0.3, -0.25) is 0 Å². The predicted molar refractivity (Wildman–Crippen MR) is 164 cm³/mol. The summed E-state index contributed by atoms with van der Waals surface area (Å²) in [4.78, 5) is 11.6. The van der Waals surface area contributed by atoms with Crippen LogP contribution in [0.25, 0.3) is 0 Å². The van der Waals surface area contributed by atoms with Gasteiger partial charge in [0.1, 0.15) is 6.61 Å². The highest BCUT2D eigenvalue weighted by Gasteiger charge is 2.31. The van der Waals surface area contributed by atoms with Crippen molar-refractivity contribution in [2.24, 2.45) is 17.8 Å².